The number of ether oxygens (including phenoxy) is 1. The molecular weight excluding hydrogens is 475 g/mol. The van der Waals surface area contributed by atoms with E-state index >= 15 is 0 Å². The number of halogens is 1. The van der Waals surface area contributed by atoms with Crippen LogP contribution in [0.5, 0.6) is 0 Å². The van der Waals surface area contributed by atoms with Crippen molar-refractivity contribution >= 4 is 40.7 Å². The fourth-order valence-corrected chi connectivity index (χ4v) is 3.84. The van der Waals surface area contributed by atoms with Crippen LogP contribution in [0.25, 0.3) is 10.8 Å². The Morgan fingerprint density at radius 1 is 1.14 bits per heavy atom. The van der Waals surface area contributed by atoms with Gasteiger partial charge in [0.2, 0.25) is 0 Å². The van der Waals surface area contributed by atoms with Crippen molar-refractivity contribution < 1.29 is 4.74 Å². The van der Waals surface area contributed by atoms with E-state index in [2.05, 4.69) is 64.9 Å². The number of hydrogen-bond acceptors (Lipinski definition) is 3. The molecule has 0 radical (unpaired) electrons. The summed E-state index contributed by atoms with van der Waals surface area (Å²) < 4.78 is 5.16. The lowest BCUT2D eigenvalue weighted by molar-refractivity contribution is 0.155. The van der Waals surface area contributed by atoms with Crippen LogP contribution >= 0.6 is 24.0 Å². The van der Waals surface area contributed by atoms with E-state index in [4.69, 9.17) is 9.73 Å². The second-order valence-corrected chi connectivity index (χ2v) is 7.44. The molecule has 160 valence electrons. The van der Waals surface area contributed by atoms with Crippen molar-refractivity contribution in [3.05, 3.63) is 48.0 Å². The molecule has 2 N–H and O–H groups in total. The van der Waals surface area contributed by atoms with E-state index < -0.39 is 0 Å². The summed E-state index contributed by atoms with van der Waals surface area (Å²) >= 11 is 0. The highest BCUT2D eigenvalue weighted by Crippen LogP contribution is 2.19. The summed E-state index contributed by atoms with van der Waals surface area (Å²) in [5.41, 5.74) is 1.27. The monoisotopic (exact) mass is 510 g/mol. The molecular formula is C23H35IN4O. The molecule has 0 aliphatic carbocycles. The molecule has 0 amide bonds. The number of nitrogens with one attached hydrogen (secondary N) is 2. The quantitative estimate of drug-likeness (QED) is 0.244. The number of nitrogens with zero attached hydrogens (tertiary/aromatic N) is 2. The van der Waals surface area contributed by atoms with Gasteiger partial charge in [-0.05, 0) is 42.5 Å². The van der Waals surface area contributed by atoms with Gasteiger partial charge >= 0.3 is 0 Å². The predicted octanol–water partition coefficient (Wildman–Crippen LogP) is 4.01. The number of aliphatic imine (C=N–C) groups is 1. The third-order valence-electron chi connectivity index (χ3n) is 5.38. The van der Waals surface area contributed by atoms with Crippen LogP contribution in [0.1, 0.15) is 31.7 Å². The summed E-state index contributed by atoms with van der Waals surface area (Å²) in [4.78, 5) is 7.41. The van der Waals surface area contributed by atoms with Gasteiger partial charge in [0.25, 0.3) is 0 Å². The molecule has 5 nitrogen and oxygen atoms in total. The van der Waals surface area contributed by atoms with E-state index in [0.717, 1.165) is 58.0 Å². The molecule has 1 aliphatic rings. The van der Waals surface area contributed by atoms with Crippen LogP contribution in [-0.2, 0) is 11.3 Å². The molecule has 2 aromatic rings. The van der Waals surface area contributed by atoms with Crippen LogP contribution in [-0.4, -0.2) is 56.8 Å². The minimum absolute atomic E-state index is 0. The number of guanidine groups is 1. The summed E-state index contributed by atoms with van der Waals surface area (Å²) in [5.74, 6) is 0.924. The lowest BCUT2D eigenvalue weighted by atomic mass is 10.0. The van der Waals surface area contributed by atoms with Crippen molar-refractivity contribution in [3.8, 4) is 0 Å². The Labute approximate surface area is 192 Å². The first-order valence-electron chi connectivity index (χ1n) is 10.5. The summed E-state index contributed by atoms with van der Waals surface area (Å²) in [6, 6.07) is 15.5. The number of benzene rings is 2. The Bertz CT molecular complexity index is 754. The van der Waals surface area contributed by atoms with E-state index in [9.17, 15) is 0 Å². The number of rotatable bonds is 8. The van der Waals surface area contributed by atoms with Crippen LogP contribution in [0.15, 0.2) is 47.5 Å². The third kappa shape index (κ3) is 7.42. The normalized spacial score (nSPS) is 15.9. The van der Waals surface area contributed by atoms with Gasteiger partial charge < -0.3 is 20.3 Å². The first kappa shape index (κ1) is 23.9. The van der Waals surface area contributed by atoms with Crippen LogP contribution in [0.2, 0.25) is 0 Å². The summed E-state index contributed by atoms with van der Waals surface area (Å²) in [6.45, 7) is 7.95. The van der Waals surface area contributed by atoms with Gasteiger partial charge in [-0.3, -0.25) is 0 Å². The Kier molecular flexibility index (Phi) is 10.7. The maximum Gasteiger partial charge on any atom is 0.191 e. The summed E-state index contributed by atoms with van der Waals surface area (Å²) in [7, 11) is 1.77. The Hall–Kier alpha value is -1.38. The molecule has 1 fully saturated rings. The highest BCUT2D eigenvalue weighted by atomic mass is 127. The SMILES string of the molecule is CCNC(=NCc1cccc2ccccc12)NC1CCN(CCCOC)CC1.I. The van der Waals surface area contributed by atoms with Crippen LogP contribution in [0, 0.1) is 0 Å². The van der Waals surface area contributed by atoms with Crippen molar-refractivity contribution in [3.63, 3.8) is 0 Å². The van der Waals surface area contributed by atoms with Gasteiger partial charge in [0.05, 0.1) is 6.54 Å². The van der Waals surface area contributed by atoms with Crippen molar-refractivity contribution in [2.24, 2.45) is 4.99 Å². The molecule has 0 aromatic heterocycles. The molecule has 0 saturated carbocycles. The second kappa shape index (κ2) is 13.0. The predicted molar refractivity (Wildman–Crippen MR) is 133 cm³/mol. The fraction of sp³-hybridized carbons (Fsp3) is 0.522. The second-order valence-electron chi connectivity index (χ2n) is 7.44. The number of hydrogen-bond donors (Lipinski definition) is 2. The van der Waals surface area contributed by atoms with Crippen molar-refractivity contribution in [1.29, 1.82) is 0 Å². The van der Waals surface area contributed by atoms with Gasteiger partial charge in [-0.2, -0.15) is 0 Å². The van der Waals surface area contributed by atoms with E-state index in [1.807, 2.05) is 0 Å². The zero-order valence-electron chi connectivity index (χ0n) is 17.7. The first-order valence-corrected chi connectivity index (χ1v) is 10.5. The van der Waals surface area contributed by atoms with Crippen molar-refractivity contribution in [2.75, 3.05) is 39.9 Å². The molecule has 2 aromatic carbocycles. The zero-order chi connectivity index (χ0) is 19.6. The minimum Gasteiger partial charge on any atom is -0.385 e. The Balaban J connectivity index is 0.00000300. The van der Waals surface area contributed by atoms with Crippen molar-refractivity contribution in [2.45, 2.75) is 38.8 Å². The molecule has 0 spiro atoms. The smallest absolute Gasteiger partial charge is 0.191 e. The van der Waals surface area contributed by atoms with Gasteiger partial charge in [0.15, 0.2) is 5.96 Å². The van der Waals surface area contributed by atoms with E-state index in [1.165, 1.54) is 16.3 Å². The average molecular weight is 510 g/mol. The molecule has 29 heavy (non-hydrogen) atoms. The highest BCUT2D eigenvalue weighted by Gasteiger charge is 2.19. The standard InChI is InChI=1S/C23H34N4O.HI/c1-3-24-23(26-21-12-15-27(16-13-21)14-7-17-28-2)25-18-20-10-6-9-19-8-4-5-11-22(19)20;/h4-6,8-11,21H,3,7,12-18H2,1-2H3,(H2,24,25,26);1H. The summed E-state index contributed by atoms with van der Waals surface area (Å²) in [5, 5.41) is 9.62. The highest BCUT2D eigenvalue weighted by molar-refractivity contribution is 14.0. The van der Waals surface area contributed by atoms with Gasteiger partial charge in [0, 0.05) is 45.9 Å². The molecule has 6 heteroatoms. The van der Waals surface area contributed by atoms with Gasteiger partial charge in [-0.1, -0.05) is 42.5 Å². The Morgan fingerprint density at radius 2 is 1.90 bits per heavy atom. The molecule has 3 rings (SSSR count). The first-order chi connectivity index (χ1) is 13.8. The van der Waals surface area contributed by atoms with Crippen LogP contribution in [0.4, 0.5) is 0 Å². The fourth-order valence-electron chi connectivity index (χ4n) is 3.84. The van der Waals surface area contributed by atoms with E-state index in [0.29, 0.717) is 12.6 Å². The van der Waals surface area contributed by atoms with Gasteiger partial charge in [0.1, 0.15) is 0 Å². The van der Waals surface area contributed by atoms with Crippen LogP contribution in [0.3, 0.4) is 0 Å². The average Bonchev–Trinajstić information content (AvgIpc) is 2.73. The van der Waals surface area contributed by atoms with E-state index in [1.54, 1.807) is 7.11 Å². The zero-order valence-corrected chi connectivity index (χ0v) is 20.0. The topological polar surface area (TPSA) is 48.9 Å². The maximum atomic E-state index is 5.16. The third-order valence-corrected chi connectivity index (χ3v) is 5.38. The minimum atomic E-state index is 0. The number of piperidine rings is 1. The van der Waals surface area contributed by atoms with Crippen LogP contribution < -0.4 is 10.6 Å². The van der Waals surface area contributed by atoms with E-state index in [-0.39, 0.29) is 24.0 Å². The maximum absolute atomic E-state index is 5.16. The number of methoxy groups -OCH3 is 1. The van der Waals surface area contributed by atoms with Gasteiger partial charge in [-0.15, -0.1) is 24.0 Å². The van der Waals surface area contributed by atoms with Gasteiger partial charge in [-0.25, -0.2) is 4.99 Å². The molecule has 0 bridgehead atoms. The number of fused-ring (bicyclic) bond motifs is 1. The van der Waals surface area contributed by atoms with Crippen molar-refractivity contribution in [1.82, 2.24) is 15.5 Å². The molecule has 0 unspecified atom stereocenters. The molecule has 1 saturated heterocycles. The number of likely N-dealkylation sites (tertiary alicyclic amines) is 1. The lowest BCUT2D eigenvalue weighted by Crippen LogP contribution is -2.48. The molecule has 1 aliphatic heterocycles. The lowest BCUT2D eigenvalue weighted by Gasteiger charge is -2.33. The molecule has 0 atom stereocenters. The molecule has 1 heterocycles. The summed E-state index contributed by atoms with van der Waals surface area (Å²) in [6.07, 6.45) is 3.43. The Morgan fingerprint density at radius 3 is 2.66 bits per heavy atom. The largest absolute Gasteiger partial charge is 0.385 e.